The van der Waals surface area contributed by atoms with E-state index in [4.69, 9.17) is 13.3 Å². The summed E-state index contributed by atoms with van der Waals surface area (Å²) in [5.41, 5.74) is 13.0. The third-order valence-corrected chi connectivity index (χ3v) is 21.2. The lowest BCUT2D eigenvalue weighted by molar-refractivity contribution is 0.551. The molecule has 18 aromatic rings. The van der Waals surface area contributed by atoms with Crippen molar-refractivity contribution in [1.29, 1.82) is 0 Å². The summed E-state index contributed by atoms with van der Waals surface area (Å²) >= 11 is 4.66. The van der Waals surface area contributed by atoms with Crippen molar-refractivity contribution in [1.82, 2.24) is 0 Å². The van der Waals surface area contributed by atoms with Crippen molar-refractivity contribution in [3.63, 3.8) is 0 Å². The SMILES string of the molecule is Cc1ccc2c(c1)oc1c(F)c(C)c(F)cc12.Cc1ccc2c(c1)oc1c(F)c(C)ccc12.Cc1ccc2c(c1)oc1cc(C)c(F)cc12.Cc1ccc2c(c1)sc1c(F)c(C)c(F)cc12.Cc1ccc2c(c1)sc1c(F)c(C)ccc12.Cc1ccc2c(c1)sc1cc(C)c(F)cc12. The third kappa shape index (κ3) is 12.7. The van der Waals surface area contributed by atoms with Gasteiger partial charge < -0.3 is 13.3 Å². The topological polar surface area (TPSA) is 39.4 Å². The fourth-order valence-electron chi connectivity index (χ4n) is 12.1. The molecule has 0 N–H and O–H groups in total. The molecule has 0 aliphatic carbocycles. The van der Waals surface area contributed by atoms with Gasteiger partial charge in [0.05, 0.1) is 9.40 Å². The molecule has 14 heteroatoms. The third-order valence-electron chi connectivity index (χ3n) is 17.8. The summed E-state index contributed by atoms with van der Waals surface area (Å²) in [4.78, 5) is 0. The molecule has 12 aromatic carbocycles. The van der Waals surface area contributed by atoms with Crippen LogP contribution in [-0.2, 0) is 0 Å². The maximum absolute atomic E-state index is 14.0. The van der Waals surface area contributed by atoms with Gasteiger partial charge in [0.25, 0.3) is 0 Å². The van der Waals surface area contributed by atoms with Gasteiger partial charge in [-0.3, -0.25) is 0 Å². The molecule has 0 bridgehead atoms. The average molecular weight is 1370 g/mol. The summed E-state index contributed by atoms with van der Waals surface area (Å²) in [6.45, 7) is 22.0. The van der Waals surface area contributed by atoms with Crippen LogP contribution >= 0.6 is 34.0 Å². The zero-order valence-electron chi connectivity index (χ0n) is 55.6. The second kappa shape index (κ2) is 26.5. The highest BCUT2D eigenvalue weighted by atomic mass is 32.1. The zero-order valence-corrected chi connectivity index (χ0v) is 58.1. The average Bonchev–Trinajstić information content (AvgIpc) is 1.64. The molecule has 0 radical (unpaired) electrons. The Balaban J connectivity index is 0.000000106. The first kappa shape index (κ1) is 66.7. The highest BCUT2D eigenvalue weighted by Crippen LogP contribution is 2.41. The molecule has 0 aliphatic rings. The lowest BCUT2D eigenvalue weighted by Gasteiger charge is -1.99. The molecule has 492 valence electrons. The maximum atomic E-state index is 14.0. The summed E-state index contributed by atoms with van der Waals surface area (Å²) in [6.07, 6.45) is 0. The highest BCUT2D eigenvalue weighted by molar-refractivity contribution is 7.26. The van der Waals surface area contributed by atoms with Gasteiger partial charge in [0.2, 0.25) is 0 Å². The molecule has 0 unspecified atom stereocenters. The molecule has 18 rings (SSSR count). The van der Waals surface area contributed by atoms with Crippen LogP contribution in [0.5, 0.6) is 0 Å². The summed E-state index contributed by atoms with van der Waals surface area (Å²) in [6, 6.07) is 53.1. The molecule has 0 amide bonds. The minimum Gasteiger partial charge on any atom is -0.456 e. The lowest BCUT2D eigenvalue weighted by atomic mass is 10.1. The monoisotopic (exact) mass is 1370 g/mol. The first-order valence-corrected chi connectivity index (χ1v) is 34.1. The van der Waals surface area contributed by atoms with Gasteiger partial charge in [-0.05, 0) is 212 Å². The lowest BCUT2D eigenvalue weighted by Crippen LogP contribution is -1.88. The smallest absolute Gasteiger partial charge is 0.172 e. The molecule has 6 heterocycles. The number of rotatable bonds is 0. The number of hydrogen-bond acceptors (Lipinski definition) is 6. The van der Waals surface area contributed by atoms with Crippen molar-refractivity contribution in [2.24, 2.45) is 0 Å². The molecular formula is C84H64F8O3S3. The molecular weight excluding hydrogens is 1310 g/mol. The standard InChI is InChI=1S/C14H10F2O.C14H10F2S.2C14H11FO.2C14H11FS/c2*1-7-3-4-9-10-6-11(15)8(2)13(16)14(10)17-12(9)5-7;1-8-3-5-10-11-6-4-9(2)13(15)14(11)16-12(10)7-8;1-8-3-4-10-11-7-12(15)9(2)6-14(11)16-13(10)5-8;1-8-3-5-10-11-6-4-9(2)13(15)14(11)16-12(10)7-8;1-8-3-4-10-11-7-12(15)9(2)6-14(11)16-13(10)5-8/h2*3-6H,1-2H3;4*3-7H,1-2H3. The molecule has 0 saturated heterocycles. The summed E-state index contributed by atoms with van der Waals surface area (Å²) in [5, 5.41) is 10.8. The van der Waals surface area contributed by atoms with Gasteiger partial charge in [-0.1, -0.05) is 97.1 Å². The predicted octanol–water partition coefficient (Wildman–Crippen LogP) is 27.7. The van der Waals surface area contributed by atoms with Crippen molar-refractivity contribution < 1.29 is 48.4 Å². The summed E-state index contributed by atoms with van der Waals surface area (Å²) in [5.74, 6) is -2.70. The zero-order chi connectivity index (χ0) is 69.4. The highest BCUT2D eigenvalue weighted by Gasteiger charge is 2.19. The van der Waals surface area contributed by atoms with E-state index < -0.39 is 23.3 Å². The number of fused-ring (bicyclic) bond motifs is 18. The van der Waals surface area contributed by atoms with Crippen molar-refractivity contribution in [3.8, 4) is 0 Å². The van der Waals surface area contributed by atoms with E-state index in [0.717, 1.165) is 113 Å². The van der Waals surface area contributed by atoms with Crippen LogP contribution in [0.15, 0.2) is 183 Å². The summed E-state index contributed by atoms with van der Waals surface area (Å²) < 4.78 is 132. The first-order valence-electron chi connectivity index (χ1n) is 31.7. The van der Waals surface area contributed by atoms with E-state index in [1.807, 2.05) is 139 Å². The Kier molecular flexibility index (Phi) is 18.1. The van der Waals surface area contributed by atoms with Crippen LogP contribution in [0, 0.1) is 130 Å². The molecule has 98 heavy (non-hydrogen) atoms. The quantitative estimate of drug-likeness (QED) is 0.142. The molecule has 0 atom stereocenters. The minimum absolute atomic E-state index is 0.00622. The number of hydrogen-bond donors (Lipinski definition) is 0. The Bertz CT molecular complexity index is 5820. The molecule has 3 nitrogen and oxygen atoms in total. The van der Waals surface area contributed by atoms with Gasteiger partial charge in [-0.15, -0.1) is 34.0 Å². The van der Waals surface area contributed by atoms with E-state index in [1.165, 1.54) is 62.5 Å². The molecule has 0 aliphatic heterocycles. The van der Waals surface area contributed by atoms with Gasteiger partial charge >= 0.3 is 0 Å². The predicted molar refractivity (Wildman–Crippen MR) is 396 cm³/mol. The molecule has 6 aromatic heterocycles. The van der Waals surface area contributed by atoms with Crippen LogP contribution in [0.2, 0.25) is 0 Å². The van der Waals surface area contributed by atoms with E-state index >= 15 is 0 Å². The van der Waals surface area contributed by atoms with Gasteiger partial charge in [0, 0.05) is 94.6 Å². The van der Waals surface area contributed by atoms with E-state index in [-0.39, 0.29) is 40.0 Å². The van der Waals surface area contributed by atoms with Crippen molar-refractivity contribution >= 4 is 160 Å². The Morgan fingerprint density at radius 1 is 0.224 bits per heavy atom. The van der Waals surface area contributed by atoms with E-state index in [2.05, 4.69) is 50.2 Å². The van der Waals surface area contributed by atoms with Crippen LogP contribution < -0.4 is 0 Å². The number of aryl methyl sites for hydroxylation is 10. The Morgan fingerprint density at radius 2 is 0.571 bits per heavy atom. The number of furan rings is 3. The minimum atomic E-state index is -0.617. The van der Waals surface area contributed by atoms with Crippen LogP contribution in [0.4, 0.5) is 35.1 Å². The van der Waals surface area contributed by atoms with Crippen LogP contribution in [0.25, 0.3) is 126 Å². The summed E-state index contributed by atoms with van der Waals surface area (Å²) in [7, 11) is 0. The Labute approximate surface area is 571 Å². The molecule has 0 spiro atoms. The fraction of sp³-hybridized carbons (Fsp3) is 0.143. The van der Waals surface area contributed by atoms with Crippen LogP contribution in [-0.4, -0.2) is 0 Å². The van der Waals surface area contributed by atoms with E-state index in [0.29, 0.717) is 37.8 Å². The van der Waals surface area contributed by atoms with Gasteiger partial charge in [0.1, 0.15) is 57.2 Å². The number of thiophene rings is 3. The number of benzene rings is 12. The van der Waals surface area contributed by atoms with Crippen molar-refractivity contribution in [2.75, 3.05) is 0 Å². The second-order valence-corrected chi connectivity index (χ2v) is 28.5. The largest absolute Gasteiger partial charge is 0.456 e. The van der Waals surface area contributed by atoms with Crippen molar-refractivity contribution in [2.45, 2.75) is 83.1 Å². The van der Waals surface area contributed by atoms with Gasteiger partial charge in [-0.2, -0.15) is 0 Å². The van der Waals surface area contributed by atoms with E-state index in [1.54, 1.807) is 60.8 Å². The molecule has 0 fully saturated rings. The number of halogens is 8. The van der Waals surface area contributed by atoms with Crippen LogP contribution in [0.3, 0.4) is 0 Å². The normalized spacial score (nSPS) is 11.5. The Hall–Kier alpha value is -9.86. The van der Waals surface area contributed by atoms with E-state index in [9.17, 15) is 35.1 Å². The maximum Gasteiger partial charge on any atom is 0.172 e. The molecule has 0 saturated carbocycles. The fourth-order valence-corrected chi connectivity index (χ4v) is 16.0. The van der Waals surface area contributed by atoms with Crippen LogP contribution in [0.1, 0.15) is 66.8 Å². The van der Waals surface area contributed by atoms with Crippen molar-refractivity contribution in [3.05, 3.63) is 283 Å². The van der Waals surface area contributed by atoms with Gasteiger partial charge in [-0.25, -0.2) is 35.1 Å². The Morgan fingerprint density at radius 3 is 1.12 bits per heavy atom. The first-order chi connectivity index (χ1) is 46.8. The second-order valence-electron chi connectivity index (χ2n) is 25.3. The van der Waals surface area contributed by atoms with Gasteiger partial charge in [0.15, 0.2) is 22.8 Å².